The van der Waals surface area contributed by atoms with E-state index in [1.54, 1.807) is 36.1 Å². The minimum Gasteiger partial charge on any atom is -0.493 e. The molecule has 0 radical (unpaired) electrons. The van der Waals surface area contributed by atoms with Crippen LogP contribution in [0.25, 0.3) is 0 Å². The number of nitrogens with one attached hydrogen (secondary N) is 1. The molecule has 1 unspecified atom stereocenters. The lowest BCUT2D eigenvalue weighted by molar-refractivity contribution is 0.0697. The van der Waals surface area contributed by atoms with Gasteiger partial charge in [-0.1, -0.05) is 12.1 Å². The first-order chi connectivity index (χ1) is 14.9. The third kappa shape index (κ3) is 3.61. The Morgan fingerprint density at radius 1 is 1.19 bits per heavy atom. The van der Waals surface area contributed by atoms with E-state index in [4.69, 9.17) is 10.5 Å². The number of fused-ring (bicyclic) bond motifs is 1. The number of amides is 1. The molecule has 4 N–H and O–H groups in total. The van der Waals surface area contributed by atoms with E-state index in [2.05, 4.69) is 10.3 Å². The van der Waals surface area contributed by atoms with Crippen molar-refractivity contribution < 1.29 is 23.8 Å². The molecule has 2 aromatic carbocycles. The molecule has 0 spiro atoms. The van der Waals surface area contributed by atoms with Gasteiger partial charge in [-0.05, 0) is 42.8 Å². The van der Waals surface area contributed by atoms with Crippen molar-refractivity contribution in [3.05, 3.63) is 77.2 Å². The number of ether oxygens (including phenoxy) is 1. The summed E-state index contributed by atoms with van der Waals surface area (Å²) >= 11 is 0. The third-order valence-electron chi connectivity index (χ3n) is 4.92. The van der Waals surface area contributed by atoms with Gasteiger partial charge in [-0.25, -0.2) is 14.2 Å². The van der Waals surface area contributed by atoms with Gasteiger partial charge in [-0.2, -0.15) is 0 Å². The number of carbonyl (C=O) groups is 2. The third-order valence-corrected chi connectivity index (χ3v) is 4.92. The maximum Gasteiger partial charge on any atom is 0.338 e. The largest absolute Gasteiger partial charge is 0.493 e. The van der Waals surface area contributed by atoms with Crippen molar-refractivity contribution in [2.45, 2.75) is 13.1 Å². The second kappa shape index (κ2) is 7.94. The van der Waals surface area contributed by atoms with Gasteiger partial charge in [0, 0.05) is 18.0 Å². The normalized spacial score (nSPS) is 14.6. The zero-order valence-electron chi connectivity index (χ0n) is 16.5. The topological polar surface area (TPSA) is 118 Å². The van der Waals surface area contributed by atoms with Crippen molar-refractivity contribution in [3.8, 4) is 5.75 Å². The zero-order chi connectivity index (χ0) is 22.1. The molecule has 9 heteroatoms. The van der Waals surface area contributed by atoms with Crippen molar-refractivity contribution in [2.75, 3.05) is 16.8 Å². The molecule has 0 saturated carbocycles. The molecular formula is C22H19FN4O4. The Morgan fingerprint density at radius 2 is 1.94 bits per heavy atom. The van der Waals surface area contributed by atoms with Gasteiger partial charge in [0.15, 0.2) is 5.82 Å². The molecule has 1 aliphatic heterocycles. The van der Waals surface area contributed by atoms with E-state index in [-0.39, 0.29) is 22.7 Å². The highest BCUT2D eigenvalue weighted by Gasteiger charge is 2.36. The van der Waals surface area contributed by atoms with Crippen LogP contribution in [0.5, 0.6) is 5.75 Å². The standard InChI is InChI=1S/C22H19FN4O4/c1-2-31-17-11-14(7-8-15(17)19(24)28)27-18-16(22(29)30)9-10-25-20(18)26-21(27)12-3-5-13(23)6-4-12/h3-11,21H,2H2,1H3,(H2,24,28)(H,25,26)(H,29,30). The summed E-state index contributed by atoms with van der Waals surface area (Å²) in [5.41, 5.74) is 7.28. The number of hydrogen-bond acceptors (Lipinski definition) is 6. The SMILES string of the molecule is CCOc1cc(N2c3c(C(=O)O)ccnc3NC2c2ccc(F)cc2)ccc1C(N)=O. The van der Waals surface area contributed by atoms with Crippen molar-refractivity contribution in [2.24, 2.45) is 5.73 Å². The number of pyridine rings is 1. The van der Waals surface area contributed by atoms with Crippen molar-refractivity contribution in [3.63, 3.8) is 0 Å². The van der Waals surface area contributed by atoms with Gasteiger partial charge in [-0.3, -0.25) is 4.79 Å². The summed E-state index contributed by atoms with van der Waals surface area (Å²) in [5, 5.41) is 12.9. The summed E-state index contributed by atoms with van der Waals surface area (Å²) < 4.78 is 19.1. The zero-order valence-corrected chi connectivity index (χ0v) is 16.5. The number of aromatic nitrogens is 1. The summed E-state index contributed by atoms with van der Waals surface area (Å²) in [6.07, 6.45) is 0.833. The Balaban J connectivity index is 1.91. The lowest BCUT2D eigenvalue weighted by atomic mass is 10.1. The fraction of sp³-hybridized carbons (Fsp3) is 0.136. The van der Waals surface area contributed by atoms with E-state index in [1.165, 1.54) is 30.5 Å². The van der Waals surface area contributed by atoms with Crippen LogP contribution in [-0.2, 0) is 0 Å². The van der Waals surface area contributed by atoms with E-state index < -0.39 is 18.0 Å². The van der Waals surface area contributed by atoms with Crippen LogP contribution in [-0.4, -0.2) is 28.6 Å². The first kappa shape index (κ1) is 20.1. The number of rotatable bonds is 6. The second-order valence-corrected chi connectivity index (χ2v) is 6.81. The molecule has 8 nitrogen and oxygen atoms in total. The summed E-state index contributed by atoms with van der Waals surface area (Å²) in [5.74, 6) is -1.51. The number of anilines is 3. The molecule has 3 aromatic rings. The molecule has 1 amide bonds. The summed E-state index contributed by atoms with van der Waals surface area (Å²) in [6.45, 7) is 2.08. The molecular weight excluding hydrogens is 403 g/mol. The molecule has 1 atom stereocenters. The summed E-state index contributed by atoms with van der Waals surface area (Å²) in [4.78, 5) is 29.7. The van der Waals surface area contributed by atoms with Gasteiger partial charge in [0.1, 0.15) is 23.4 Å². The number of nitrogens with two attached hydrogens (primary N) is 1. The van der Waals surface area contributed by atoms with Crippen LogP contribution >= 0.6 is 0 Å². The number of carbonyl (C=O) groups excluding carboxylic acids is 1. The van der Waals surface area contributed by atoms with Crippen LogP contribution in [0, 0.1) is 5.82 Å². The van der Waals surface area contributed by atoms with Crippen LogP contribution in [0.15, 0.2) is 54.7 Å². The molecule has 2 heterocycles. The molecule has 0 fully saturated rings. The Labute approximate surface area is 177 Å². The lowest BCUT2D eigenvalue weighted by Crippen LogP contribution is -2.25. The molecule has 1 aromatic heterocycles. The van der Waals surface area contributed by atoms with Gasteiger partial charge >= 0.3 is 5.97 Å². The van der Waals surface area contributed by atoms with Crippen molar-refractivity contribution in [1.82, 2.24) is 4.98 Å². The number of aromatic carboxylic acids is 1. The molecule has 4 rings (SSSR count). The average molecular weight is 422 g/mol. The number of nitrogens with zero attached hydrogens (tertiary/aromatic N) is 2. The van der Waals surface area contributed by atoms with Crippen LogP contribution < -0.4 is 20.7 Å². The van der Waals surface area contributed by atoms with Gasteiger partial charge < -0.3 is 25.8 Å². The van der Waals surface area contributed by atoms with Crippen molar-refractivity contribution in [1.29, 1.82) is 0 Å². The predicted octanol–water partition coefficient (Wildman–Crippen LogP) is 3.68. The number of hydrogen-bond donors (Lipinski definition) is 3. The minimum atomic E-state index is -1.12. The number of benzene rings is 2. The predicted molar refractivity (Wildman–Crippen MR) is 112 cm³/mol. The summed E-state index contributed by atoms with van der Waals surface area (Å²) in [7, 11) is 0. The van der Waals surface area contributed by atoms with Gasteiger partial charge in [-0.15, -0.1) is 0 Å². The molecule has 0 saturated heterocycles. The second-order valence-electron chi connectivity index (χ2n) is 6.81. The first-order valence-corrected chi connectivity index (χ1v) is 9.51. The maximum absolute atomic E-state index is 13.5. The summed E-state index contributed by atoms with van der Waals surface area (Å²) in [6, 6.07) is 12.1. The molecule has 1 aliphatic rings. The van der Waals surface area contributed by atoms with Crippen LogP contribution in [0.3, 0.4) is 0 Å². The first-order valence-electron chi connectivity index (χ1n) is 9.51. The van der Waals surface area contributed by atoms with E-state index in [0.717, 1.165) is 0 Å². The van der Waals surface area contributed by atoms with E-state index in [9.17, 15) is 19.1 Å². The van der Waals surface area contributed by atoms with E-state index in [0.29, 0.717) is 29.4 Å². The average Bonchev–Trinajstić information content (AvgIpc) is 3.13. The lowest BCUT2D eigenvalue weighted by Gasteiger charge is -2.28. The molecule has 0 bridgehead atoms. The minimum absolute atomic E-state index is 0.0408. The quantitative estimate of drug-likeness (QED) is 0.555. The fourth-order valence-electron chi connectivity index (χ4n) is 3.59. The molecule has 31 heavy (non-hydrogen) atoms. The Kier molecular flexibility index (Phi) is 5.16. The number of primary amides is 1. The fourth-order valence-corrected chi connectivity index (χ4v) is 3.59. The van der Waals surface area contributed by atoms with Crippen LogP contribution in [0.2, 0.25) is 0 Å². The monoisotopic (exact) mass is 422 g/mol. The van der Waals surface area contributed by atoms with E-state index >= 15 is 0 Å². The highest BCUT2D eigenvalue weighted by Crippen LogP contribution is 2.47. The van der Waals surface area contributed by atoms with Gasteiger partial charge in [0.25, 0.3) is 5.91 Å². The Bertz CT molecular complexity index is 1170. The Morgan fingerprint density at radius 3 is 2.58 bits per heavy atom. The number of halogens is 1. The van der Waals surface area contributed by atoms with Gasteiger partial charge in [0.2, 0.25) is 0 Å². The highest BCUT2D eigenvalue weighted by atomic mass is 19.1. The number of carboxylic acids is 1. The van der Waals surface area contributed by atoms with Crippen molar-refractivity contribution >= 4 is 29.1 Å². The van der Waals surface area contributed by atoms with Gasteiger partial charge in [0.05, 0.1) is 17.7 Å². The Hall–Kier alpha value is -4.14. The molecule has 158 valence electrons. The molecule has 0 aliphatic carbocycles. The van der Waals surface area contributed by atoms with Crippen LogP contribution in [0.1, 0.15) is 39.4 Å². The number of carboxylic acid groups (broad SMARTS) is 1. The van der Waals surface area contributed by atoms with Crippen LogP contribution in [0.4, 0.5) is 21.6 Å². The van der Waals surface area contributed by atoms with E-state index in [1.807, 2.05) is 0 Å². The highest BCUT2D eigenvalue weighted by molar-refractivity contribution is 6.01. The smallest absolute Gasteiger partial charge is 0.338 e. The maximum atomic E-state index is 13.5.